The molecule has 0 saturated heterocycles. The van der Waals surface area contributed by atoms with E-state index < -0.39 is 0 Å². The van der Waals surface area contributed by atoms with Gasteiger partial charge in [-0.05, 0) is 0 Å². The van der Waals surface area contributed by atoms with E-state index in [0.29, 0.717) is 0 Å². The molecule has 1 aliphatic rings. The topological polar surface area (TPSA) is 24.4 Å². The van der Waals surface area contributed by atoms with E-state index in [2.05, 4.69) is 10.3 Å². The summed E-state index contributed by atoms with van der Waals surface area (Å²) in [5, 5.41) is 3.00. The van der Waals surface area contributed by atoms with E-state index in [1.165, 1.54) is 0 Å². The van der Waals surface area contributed by atoms with Crippen LogP contribution >= 0.6 is 17.0 Å². The van der Waals surface area contributed by atoms with Crippen LogP contribution in [-0.2, 0) is 0 Å². The summed E-state index contributed by atoms with van der Waals surface area (Å²) in [6, 6.07) is 0. The highest BCUT2D eigenvalue weighted by atomic mass is 79.9. The minimum Gasteiger partial charge on any atom is -0.293 e. The van der Waals surface area contributed by atoms with Crippen LogP contribution in [-0.4, -0.2) is 19.4 Å². The predicted octanol–water partition coefficient (Wildman–Crippen LogP) is 0.196. The van der Waals surface area contributed by atoms with Crippen molar-refractivity contribution in [3.63, 3.8) is 0 Å². The van der Waals surface area contributed by atoms with Crippen LogP contribution in [0.2, 0.25) is 0 Å². The van der Waals surface area contributed by atoms with Crippen LogP contribution in [0.4, 0.5) is 0 Å². The fourth-order valence-electron chi connectivity index (χ4n) is 0.323. The molecular weight excluding hydrogens is 144 g/mol. The van der Waals surface area contributed by atoms with Crippen molar-refractivity contribution in [1.29, 1.82) is 0 Å². The maximum atomic E-state index is 3.85. The van der Waals surface area contributed by atoms with Gasteiger partial charge in [-0.3, -0.25) is 10.3 Å². The average Bonchev–Trinajstić information content (AvgIpc) is 1.76. The molecule has 0 aliphatic carbocycles. The number of halogens is 1. The normalized spacial score (nSPS) is 17.3. The first-order valence-corrected chi connectivity index (χ1v) is 1.69. The van der Waals surface area contributed by atoms with Gasteiger partial charge in [-0.15, -0.1) is 17.0 Å². The number of rotatable bonds is 0. The molecule has 0 fully saturated rings. The van der Waals surface area contributed by atoms with Crippen LogP contribution in [0, 0.1) is 0 Å². The second-order valence-corrected chi connectivity index (χ2v) is 0.977. The average molecular weight is 151 g/mol. The minimum absolute atomic E-state index is 0. The highest BCUT2D eigenvalue weighted by molar-refractivity contribution is 8.93. The Morgan fingerprint density at radius 2 is 2.50 bits per heavy atom. The summed E-state index contributed by atoms with van der Waals surface area (Å²) in [5.41, 5.74) is 0. The zero-order chi connectivity index (χ0) is 3.54. The Morgan fingerprint density at radius 1 is 1.67 bits per heavy atom. The van der Waals surface area contributed by atoms with Crippen molar-refractivity contribution in [2.75, 3.05) is 13.2 Å². The summed E-state index contributed by atoms with van der Waals surface area (Å²) in [4.78, 5) is 3.85. The van der Waals surface area contributed by atoms with E-state index in [0.717, 1.165) is 13.2 Å². The summed E-state index contributed by atoms with van der Waals surface area (Å²) < 4.78 is 0. The van der Waals surface area contributed by atoms with Gasteiger partial charge in [0.25, 0.3) is 0 Å². The van der Waals surface area contributed by atoms with Crippen LogP contribution in [0.5, 0.6) is 0 Å². The maximum Gasteiger partial charge on any atom is 0.0883 e. The Morgan fingerprint density at radius 3 is 2.67 bits per heavy atom. The summed E-state index contributed by atoms with van der Waals surface area (Å²) in [7, 11) is 0. The first kappa shape index (κ1) is 6.11. The lowest BCUT2D eigenvalue weighted by molar-refractivity contribution is 0.851. The zero-order valence-corrected chi connectivity index (χ0v) is 5.06. The Balaban J connectivity index is 0.000000250. The van der Waals surface area contributed by atoms with Crippen molar-refractivity contribution in [1.82, 2.24) is 5.32 Å². The quantitative estimate of drug-likeness (QED) is 0.525. The fraction of sp³-hybridized carbons (Fsp3) is 0.667. The molecule has 2 nitrogen and oxygen atoms in total. The molecule has 0 saturated carbocycles. The lowest BCUT2D eigenvalue weighted by Crippen LogP contribution is -2.06. The van der Waals surface area contributed by atoms with Gasteiger partial charge in [-0.1, -0.05) is 0 Å². The predicted molar refractivity (Wildman–Crippen MR) is 31.7 cm³/mol. The lowest BCUT2D eigenvalue weighted by Gasteiger charge is -1.75. The Kier molecular flexibility index (Phi) is 3.37. The van der Waals surface area contributed by atoms with Gasteiger partial charge < -0.3 is 0 Å². The molecule has 0 unspecified atom stereocenters. The van der Waals surface area contributed by atoms with Crippen LogP contribution in [0.3, 0.4) is 0 Å². The summed E-state index contributed by atoms with van der Waals surface area (Å²) in [6.45, 7) is 1.78. The van der Waals surface area contributed by atoms with Crippen LogP contribution in [0.1, 0.15) is 0 Å². The molecule has 0 radical (unpaired) electrons. The highest BCUT2D eigenvalue weighted by Crippen LogP contribution is 1.67. The number of aliphatic imine (C=N–C) groups is 1. The summed E-state index contributed by atoms with van der Waals surface area (Å²) in [5.74, 6) is 0. The monoisotopic (exact) mass is 150 g/mol. The Labute approximate surface area is 47.4 Å². The van der Waals surface area contributed by atoms with Crippen LogP contribution in [0.15, 0.2) is 4.99 Å². The molecule has 0 spiro atoms. The van der Waals surface area contributed by atoms with Crippen molar-refractivity contribution in [3.05, 3.63) is 0 Å². The van der Waals surface area contributed by atoms with E-state index in [1.807, 2.05) is 6.21 Å². The molecule has 6 heavy (non-hydrogen) atoms. The van der Waals surface area contributed by atoms with Crippen molar-refractivity contribution in [2.24, 2.45) is 4.99 Å². The van der Waals surface area contributed by atoms with E-state index in [9.17, 15) is 0 Å². The molecule has 0 bridgehead atoms. The van der Waals surface area contributed by atoms with Gasteiger partial charge in [0.1, 0.15) is 0 Å². The first-order valence-electron chi connectivity index (χ1n) is 1.69. The molecular formula is C3H7BrN2. The largest absolute Gasteiger partial charge is 0.293 e. The van der Waals surface area contributed by atoms with Crippen molar-refractivity contribution in [2.45, 2.75) is 0 Å². The molecule has 0 aromatic carbocycles. The van der Waals surface area contributed by atoms with E-state index in [1.54, 1.807) is 0 Å². The van der Waals surface area contributed by atoms with E-state index in [4.69, 9.17) is 0 Å². The minimum atomic E-state index is 0. The first-order chi connectivity index (χ1) is 2.50. The summed E-state index contributed by atoms with van der Waals surface area (Å²) >= 11 is 0. The van der Waals surface area contributed by atoms with E-state index in [-0.39, 0.29) is 17.0 Å². The van der Waals surface area contributed by atoms with Crippen molar-refractivity contribution < 1.29 is 0 Å². The zero-order valence-electron chi connectivity index (χ0n) is 3.35. The summed E-state index contributed by atoms with van der Waals surface area (Å²) in [6.07, 6.45) is 1.88. The second kappa shape index (κ2) is 3.31. The van der Waals surface area contributed by atoms with Gasteiger partial charge in [-0.25, -0.2) is 0 Å². The van der Waals surface area contributed by atoms with Gasteiger partial charge in [0.2, 0.25) is 0 Å². The highest BCUT2D eigenvalue weighted by Gasteiger charge is 1.82. The van der Waals surface area contributed by atoms with Gasteiger partial charge >= 0.3 is 0 Å². The standard InChI is InChI=1S/C3H6N2.BrH/c1-2-5-3-4-1;/h1,5H,2-3H2;1H. The molecule has 1 heterocycles. The number of hydrogen-bond donors (Lipinski definition) is 1. The van der Waals surface area contributed by atoms with E-state index >= 15 is 0 Å². The molecule has 36 valence electrons. The van der Waals surface area contributed by atoms with Crippen molar-refractivity contribution in [3.8, 4) is 0 Å². The molecule has 0 aromatic heterocycles. The third-order valence-electron chi connectivity index (χ3n) is 0.568. The Bertz CT molecular complexity index is 46.8. The van der Waals surface area contributed by atoms with Gasteiger partial charge in [0, 0.05) is 12.8 Å². The van der Waals surface area contributed by atoms with Crippen molar-refractivity contribution >= 4 is 23.2 Å². The molecule has 0 atom stereocenters. The van der Waals surface area contributed by atoms with Gasteiger partial charge in [0.05, 0.1) is 6.67 Å². The maximum absolute atomic E-state index is 3.85. The molecule has 0 amide bonds. The molecule has 1 rings (SSSR count). The Hall–Kier alpha value is 0.110. The van der Waals surface area contributed by atoms with Crippen LogP contribution < -0.4 is 5.32 Å². The third kappa shape index (κ3) is 1.52. The number of nitrogens with one attached hydrogen (secondary N) is 1. The molecule has 3 heteroatoms. The SMILES string of the molecule is Br.C1=NCNC1. The molecule has 1 N–H and O–H groups in total. The second-order valence-electron chi connectivity index (χ2n) is 0.977. The number of hydrogen-bond acceptors (Lipinski definition) is 2. The van der Waals surface area contributed by atoms with Gasteiger partial charge in [-0.2, -0.15) is 0 Å². The van der Waals surface area contributed by atoms with Crippen LogP contribution in [0.25, 0.3) is 0 Å². The van der Waals surface area contributed by atoms with Gasteiger partial charge in [0.15, 0.2) is 0 Å². The number of nitrogens with zero attached hydrogens (tertiary/aromatic N) is 1. The fourth-order valence-corrected chi connectivity index (χ4v) is 0.323. The molecule has 0 aromatic rings. The smallest absolute Gasteiger partial charge is 0.0883 e. The third-order valence-corrected chi connectivity index (χ3v) is 0.568. The molecule has 1 aliphatic heterocycles. The lowest BCUT2D eigenvalue weighted by atomic mass is 10.8.